The third kappa shape index (κ3) is 4.50. The molecule has 3 heterocycles. The average Bonchev–Trinajstić information content (AvgIpc) is 3.11. The number of pyridine rings is 1. The molecule has 2 saturated heterocycles. The van der Waals surface area contributed by atoms with Gasteiger partial charge in [-0.3, -0.25) is 9.69 Å². The van der Waals surface area contributed by atoms with Gasteiger partial charge in [0.1, 0.15) is 18.2 Å². The maximum Gasteiger partial charge on any atom is 0.414 e. The van der Waals surface area contributed by atoms with E-state index in [2.05, 4.69) is 22.9 Å². The van der Waals surface area contributed by atoms with Crippen molar-refractivity contribution >= 4 is 35.9 Å². The van der Waals surface area contributed by atoms with Crippen molar-refractivity contribution < 1.29 is 18.7 Å². The summed E-state index contributed by atoms with van der Waals surface area (Å²) >= 11 is 0. The quantitative estimate of drug-likeness (QED) is 0.691. The average molecular weight is 463 g/mol. The molecule has 1 aromatic carbocycles. The van der Waals surface area contributed by atoms with Crippen LogP contribution < -0.4 is 9.80 Å². The van der Waals surface area contributed by atoms with Crippen LogP contribution in [0, 0.1) is 12.7 Å². The fourth-order valence-electron chi connectivity index (χ4n) is 4.16. The summed E-state index contributed by atoms with van der Waals surface area (Å²) in [7, 11) is 0. The Bertz CT molecular complexity index is 1010. The van der Waals surface area contributed by atoms with Crippen LogP contribution in [0.1, 0.15) is 35.3 Å². The van der Waals surface area contributed by atoms with Crippen LogP contribution in [0.3, 0.4) is 0 Å². The lowest BCUT2D eigenvalue weighted by atomic mass is 10.1. The molecule has 9 heteroatoms. The second kappa shape index (κ2) is 9.73. The topological polar surface area (TPSA) is 66.0 Å². The van der Waals surface area contributed by atoms with E-state index in [1.54, 1.807) is 11.0 Å². The van der Waals surface area contributed by atoms with Crippen molar-refractivity contribution in [1.82, 2.24) is 9.88 Å². The Morgan fingerprint density at radius 1 is 1.22 bits per heavy atom. The lowest BCUT2D eigenvalue weighted by Gasteiger charge is -2.36. The third-order valence-corrected chi connectivity index (χ3v) is 5.87. The number of hydrogen-bond acceptors (Lipinski definition) is 5. The molecule has 2 amide bonds. The van der Waals surface area contributed by atoms with E-state index in [9.17, 15) is 14.0 Å². The minimum atomic E-state index is -0.634. The van der Waals surface area contributed by atoms with Crippen LogP contribution in [0.15, 0.2) is 30.5 Å². The highest BCUT2D eigenvalue weighted by Gasteiger charge is 2.32. The second-order valence-corrected chi connectivity index (χ2v) is 8.09. The molecule has 0 N–H and O–H groups in total. The molecule has 0 radical (unpaired) electrons. The van der Waals surface area contributed by atoms with Crippen LogP contribution >= 0.6 is 12.4 Å². The van der Waals surface area contributed by atoms with Gasteiger partial charge < -0.3 is 14.5 Å². The molecule has 0 aliphatic carbocycles. The molecule has 0 bridgehead atoms. The standard InChI is InChI=1S/C23H27FN4O3.ClH/c1-4-17-11-15(2)13-25-21(17)26-7-9-27(10-8-26)22(29)19-6-5-18(12-20(19)24)28-16(3)14-31-23(28)30;/h5-6,11-13,16H,4,7-10,14H2,1-3H3;1H. The molecule has 0 saturated carbocycles. The SMILES string of the molecule is CCc1cc(C)cnc1N1CCN(C(=O)c2ccc(N3C(=O)OCC3C)cc2F)CC1.Cl. The fraction of sp³-hybridized carbons (Fsp3) is 0.435. The highest BCUT2D eigenvalue weighted by atomic mass is 35.5. The normalized spacial score (nSPS) is 18.4. The third-order valence-electron chi connectivity index (χ3n) is 5.87. The van der Waals surface area contributed by atoms with E-state index in [-0.39, 0.29) is 36.5 Å². The van der Waals surface area contributed by atoms with Gasteiger partial charge in [-0.1, -0.05) is 13.0 Å². The van der Waals surface area contributed by atoms with Gasteiger partial charge in [0.2, 0.25) is 0 Å². The van der Waals surface area contributed by atoms with E-state index in [1.165, 1.54) is 22.6 Å². The molecule has 2 aliphatic heterocycles. The number of anilines is 2. The first-order valence-electron chi connectivity index (χ1n) is 10.6. The molecular weight excluding hydrogens is 435 g/mol. The smallest absolute Gasteiger partial charge is 0.414 e. The summed E-state index contributed by atoms with van der Waals surface area (Å²) in [4.78, 5) is 34.7. The summed E-state index contributed by atoms with van der Waals surface area (Å²) in [5.41, 5.74) is 2.73. The molecular formula is C23H28ClFN4O3. The fourth-order valence-corrected chi connectivity index (χ4v) is 4.16. The maximum absolute atomic E-state index is 14.8. The van der Waals surface area contributed by atoms with E-state index < -0.39 is 11.9 Å². The highest BCUT2D eigenvalue weighted by molar-refractivity contribution is 5.96. The first-order chi connectivity index (χ1) is 14.9. The number of benzene rings is 1. The van der Waals surface area contributed by atoms with Gasteiger partial charge in [0, 0.05) is 32.4 Å². The molecule has 2 aliphatic rings. The first kappa shape index (κ1) is 23.8. The van der Waals surface area contributed by atoms with E-state index >= 15 is 0 Å². The zero-order valence-electron chi connectivity index (χ0n) is 18.5. The summed E-state index contributed by atoms with van der Waals surface area (Å²) in [5, 5.41) is 0. The number of cyclic esters (lactones) is 1. The lowest BCUT2D eigenvalue weighted by molar-refractivity contribution is 0.0742. The summed E-state index contributed by atoms with van der Waals surface area (Å²) in [5.74, 6) is -0.0130. The number of rotatable bonds is 4. The monoisotopic (exact) mass is 462 g/mol. The van der Waals surface area contributed by atoms with Crippen LogP contribution in [0.2, 0.25) is 0 Å². The second-order valence-electron chi connectivity index (χ2n) is 8.09. The molecule has 2 aromatic rings. The van der Waals surface area contributed by atoms with Crippen LogP contribution in [-0.2, 0) is 11.2 Å². The number of piperazine rings is 1. The van der Waals surface area contributed by atoms with Gasteiger partial charge in [0.25, 0.3) is 5.91 Å². The molecule has 4 rings (SSSR count). The Hall–Kier alpha value is -2.87. The summed E-state index contributed by atoms with van der Waals surface area (Å²) in [6.07, 6.45) is 2.25. The van der Waals surface area contributed by atoms with Crippen LogP contribution in [0.4, 0.5) is 20.7 Å². The Balaban J connectivity index is 0.00000289. The molecule has 1 aromatic heterocycles. The largest absolute Gasteiger partial charge is 0.447 e. The van der Waals surface area contributed by atoms with Crippen molar-refractivity contribution in [1.29, 1.82) is 0 Å². The molecule has 0 spiro atoms. The summed E-state index contributed by atoms with van der Waals surface area (Å²) in [6, 6.07) is 6.25. The van der Waals surface area contributed by atoms with Crippen molar-refractivity contribution in [3.63, 3.8) is 0 Å². The number of ether oxygens (including phenoxy) is 1. The van der Waals surface area contributed by atoms with Gasteiger partial charge in [-0.25, -0.2) is 14.2 Å². The molecule has 32 heavy (non-hydrogen) atoms. The van der Waals surface area contributed by atoms with Crippen molar-refractivity contribution in [3.05, 3.63) is 53.0 Å². The summed E-state index contributed by atoms with van der Waals surface area (Å²) in [6.45, 7) is 8.50. The zero-order valence-corrected chi connectivity index (χ0v) is 19.3. The van der Waals surface area contributed by atoms with Gasteiger partial charge in [0.05, 0.1) is 17.3 Å². The van der Waals surface area contributed by atoms with E-state index in [0.717, 1.165) is 17.8 Å². The van der Waals surface area contributed by atoms with Crippen LogP contribution in [0.5, 0.6) is 0 Å². The van der Waals surface area contributed by atoms with Crippen LogP contribution in [-0.4, -0.2) is 60.7 Å². The number of nitrogens with zero attached hydrogens (tertiary/aromatic N) is 4. The number of carbonyl (C=O) groups is 2. The first-order valence-corrected chi connectivity index (χ1v) is 10.6. The van der Waals surface area contributed by atoms with Gasteiger partial charge in [-0.05, 0) is 49.6 Å². The number of aryl methyl sites for hydroxylation is 2. The number of aromatic nitrogens is 1. The lowest BCUT2D eigenvalue weighted by Crippen LogP contribution is -2.49. The number of hydrogen-bond donors (Lipinski definition) is 0. The predicted octanol–water partition coefficient (Wildman–Crippen LogP) is 3.82. The number of carbonyl (C=O) groups excluding carboxylic acids is 2. The molecule has 7 nitrogen and oxygen atoms in total. The predicted molar refractivity (Wildman–Crippen MR) is 123 cm³/mol. The van der Waals surface area contributed by atoms with Crippen molar-refractivity contribution in [2.24, 2.45) is 0 Å². The van der Waals surface area contributed by atoms with Gasteiger partial charge >= 0.3 is 6.09 Å². The minimum Gasteiger partial charge on any atom is -0.447 e. The molecule has 1 atom stereocenters. The zero-order chi connectivity index (χ0) is 22.1. The summed E-state index contributed by atoms with van der Waals surface area (Å²) < 4.78 is 19.8. The van der Waals surface area contributed by atoms with E-state index in [1.807, 2.05) is 20.0 Å². The number of amides is 2. The van der Waals surface area contributed by atoms with Gasteiger partial charge in [-0.15, -0.1) is 12.4 Å². The Morgan fingerprint density at radius 3 is 2.53 bits per heavy atom. The molecule has 2 fully saturated rings. The number of halogens is 2. The molecule has 1 unspecified atom stereocenters. The molecule has 172 valence electrons. The maximum atomic E-state index is 14.8. The van der Waals surface area contributed by atoms with Gasteiger partial charge in [-0.2, -0.15) is 0 Å². The van der Waals surface area contributed by atoms with Gasteiger partial charge in [0.15, 0.2) is 0 Å². The van der Waals surface area contributed by atoms with Crippen molar-refractivity contribution in [3.8, 4) is 0 Å². The van der Waals surface area contributed by atoms with E-state index in [4.69, 9.17) is 4.74 Å². The Kier molecular flexibility index (Phi) is 7.23. The highest BCUT2D eigenvalue weighted by Crippen LogP contribution is 2.26. The minimum absolute atomic E-state index is 0. The van der Waals surface area contributed by atoms with Crippen molar-refractivity contribution in [2.75, 3.05) is 42.6 Å². The Morgan fingerprint density at radius 2 is 1.94 bits per heavy atom. The van der Waals surface area contributed by atoms with E-state index in [0.29, 0.717) is 31.9 Å². The van der Waals surface area contributed by atoms with Crippen molar-refractivity contribution in [2.45, 2.75) is 33.2 Å². The Labute approximate surface area is 193 Å². The van der Waals surface area contributed by atoms with Crippen LogP contribution in [0.25, 0.3) is 0 Å².